The van der Waals surface area contributed by atoms with Gasteiger partial charge in [-0.15, -0.1) is 0 Å². The van der Waals surface area contributed by atoms with Gasteiger partial charge in [-0.05, 0) is 41.3 Å². The number of alkyl halides is 3. The zero-order valence-corrected chi connectivity index (χ0v) is 25.1. The van der Waals surface area contributed by atoms with Crippen molar-refractivity contribution in [2.24, 2.45) is 5.92 Å². The maximum atomic E-state index is 14.0. The van der Waals surface area contributed by atoms with Gasteiger partial charge in [0, 0.05) is 21.9 Å². The Bertz CT molecular complexity index is 2100. The van der Waals surface area contributed by atoms with E-state index in [1.807, 2.05) is 30.3 Å². The Labute approximate surface area is 266 Å². The second-order valence-corrected chi connectivity index (χ2v) is 12.9. The predicted octanol–water partition coefficient (Wildman–Crippen LogP) is 6.66. The summed E-state index contributed by atoms with van der Waals surface area (Å²) in [6, 6.07) is 22.3. The summed E-state index contributed by atoms with van der Waals surface area (Å²) in [5.74, 6) is -4.96. The van der Waals surface area contributed by atoms with Crippen molar-refractivity contribution in [3.8, 4) is 0 Å². The summed E-state index contributed by atoms with van der Waals surface area (Å²) in [6.45, 7) is -0.419. The summed E-state index contributed by atoms with van der Waals surface area (Å²) in [4.78, 5) is 55.0. The van der Waals surface area contributed by atoms with Gasteiger partial charge in [-0.1, -0.05) is 83.8 Å². The van der Waals surface area contributed by atoms with Gasteiger partial charge in [0.1, 0.15) is 17.6 Å². The molecule has 7 nitrogen and oxygen atoms in total. The number of benzene rings is 4. The third kappa shape index (κ3) is 4.99. The van der Waals surface area contributed by atoms with Gasteiger partial charge >= 0.3 is 11.0 Å². The molecule has 1 fully saturated rings. The fraction of sp³-hybridized carbons (Fsp3) is 0.152. The predicted molar refractivity (Wildman–Crippen MR) is 166 cm³/mol. The number of carbonyl (C=O) groups is 3. The van der Waals surface area contributed by atoms with Crippen molar-refractivity contribution in [2.45, 2.75) is 28.9 Å². The minimum atomic E-state index is -4.84. The Morgan fingerprint density at radius 1 is 0.848 bits per heavy atom. The molecule has 13 heteroatoms. The molecular formula is C33H21F4N3O4S2. The molecule has 1 saturated heterocycles. The van der Waals surface area contributed by atoms with Gasteiger partial charge in [-0.2, -0.15) is 13.2 Å². The number of nitrogens with zero attached hydrogens (tertiary/aromatic N) is 2. The average Bonchev–Trinajstić information content (AvgIpc) is 3.47. The van der Waals surface area contributed by atoms with Crippen molar-refractivity contribution in [2.75, 3.05) is 10.2 Å². The van der Waals surface area contributed by atoms with Gasteiger partial charge in [-0.3, -0.25) is 23.7 Å². The number of rotatable bonds is 5. The zero-order valence-electron chi connectivity index (χ0n) is 23.5. The molecule has 232 valence electrons. The zero-order chi connectivity index (χ0) is 32.3. The summed E-state index contributed by atoms with van der Waals surface area (Å²) in [5, 5.41) is 3.57. The molecular weight excluding hydrogens is 643 g/mol. The van der Waals surface area contributed by atoms with E-state index in [1.165, 1.54) is 41.0 Å². The van der Waals surface area contributed by atoms with Crippen molar-refractivity contribution in [3.63, 3.8) is 0 Å². The molecule has 2 aliphatic heterocycles. The molecule has 0 aliphatic carbocycles. The quantitative estimate of drug-likeness (QED) is 0.168. The molecule has 2 unspecified atom stereocenters. The lowest BCUT2D eigenvalue weighted by atomic mass is 9.83. The maximum absolute atomic E-state index is 14.0. The highest BCUT2D eigenvalue weighted by atomic mass is 32.2. The SMILES string of the molecule is O=C(Cn1c2c(sc1=O)[C@H](c1ccc(F)cc1)C1C(=O)N(c3ccccc3C(F)(F)F)C(=O)C1S2)Nc1cccc2ccccc12. The highest BCUT2D eigenvalue weighted by Crippen LogP contribution is 2.54. The highest BCUT2D eigenvalue weighted by molar-refractivity contribution is 8.00. The van der Waals surface area contributed by atoms with Crippen molar-refractivity contribution in [3.05, 3.63) is 122 Å². The van der Waals surface area contributed by atoms with Crippen LogP contribution in [-0.4, -0.2) is 27.5 Å². The molecule has 2 aliphatic rings. The van der Waals surface area contributed by atoms with Crippen molar-refractivity contribution in [1.29, 1.82) is 0 Å². The van der Waals surface area contributed by atoms with Crippen LogP contribution in [0.4, 0.5) is 28.9 Å². The number of thiazole rings is 1. The van der Waals surface area contributed by atoms with Crippen LogP contribution in [0.1, 0.15) is 21.9 Å². The number of nitrogens with one attached hydrogen (secondary N) is 1. The van der Waals surface area contributed by atoms with Crippen LogP contribution in [0.5, 0.6) is 0 Å². The molecule has 0 radical (unpaired) electrons. The molecule has 1 N–H and O–H groups in total. The third-order valence-corrected chi connectivity index (χ3v) is 10.7. The van der Waals surface area contributed by atoms with Gasteiger partial charge in [0.2, 0.25) is 17.7 Å². The molecule has 3 amide bonds. The van der Waals surface area contributed by atoms with Crippen molar-refractivity contribution in [1.82, 2.24) is 4.57 Å². The maximum Gasteiger partial charge on any atom is 0.418 e. The number of carbonyl (C=O) groups excluding carboxylic acids is 3. The van der Waals surface area contributed by atoms with Crippen LogP contribution in [0.2, 0.25) is 0 Å². The molecule has 7 rings (SSSR count). The van der Waals surface area contributed by atoms with E-state index >= 15 is 0 Å². The number of fused-ring (bicyclic) bond motifs is 3. The fourth-order valence-corrected chi connectivity index (χ4v) is 8.87. The lowest BCUT2D eigenvalue weighted by Crippen LogP contribution is -2.33. The first-order chi connectivity index (χ1) is 22.0. The van der Waals surface area contributed by atoms with E-state index in [1.54, 1.807) is 12.1 Å². The van der Waals surface area contributed by atoms with Gasteiger partial charge < -0.3 is 5.32 Å². The number of halogens is 4. The molecule has 0 spiro atoms. The summed E-state index contributed by atoms with van der Waals surface area (Å²) >= 11 is 1.66. The summed E-state index contributed by atoms with van der Waals surface area (Å²) in [6.07, 6.45) is -4.84. The van der Waals surface area contributed by atoms with Crippen LogP contribution in [-0.2, 0) is 27.1 Å². The average molecular weight is 664 g/mol. The first-order valence-corrected chi connectivity index (χ1v) is 15.7. The normalized spacial score (nSPS) is 19.3. The number of imide groups is 1. The van der Waals surface area contributed by atoms with Crippen molar-refractivity contribution >= 4 is 63.0 Å². The smallest absolute Gasteiger partial charge is 0.324 e. The molecule has 46 heavy (non-hydrogen) atoms. The Hall–Kier alpha value is -4.75. The number of para-hydroxylation sites is 1. The Morgan fingerprint density at radius 3 is 2.30 bits per heavy atom. The van der Waals surface area contributed by atoms with E-state index in [9.17, 15) is 36.7 Å². The highest BCUT2D eigenvalue weighted by Gasteiger charge is 2.57. The largest absolute Gasteiger partial charge is 0.418 e. The number of aromatic nitrogens is 1. The first kappa shape index (κ1) is 29.9. The van der Waals surface area contributed by atoms with Crippen LogP contribution in [0.3, 0.4) is 0 Å². The second kappa shape index (κ2) is 11.2. The number of hydrogen-bond donors (Lipinski definition) is 1. The third-order valence-electron chi connectivity index (χ3n) is 8.09. The van der Waals surface area contributed by atoms with E-state index in [2.05, 4.69) is 5.32 Å². The molecule has 3 atom stereocenters. The van der Waals surface area contributed by atoms with E-state index in [-0.39, 0.29) is 5.03 Å². The number of thioether (sulfide) groups is 1. The van der Waals surface area contributed by atoms with Gasteiger partial charge in [0.15, 0.2) is 0 Å². The molecule has 3 heterocycles. The van der Waals surface area contributed by atoms with Gasteiger partial charge in [-0.25, -0.2) is 9.29 Å². The van der Waals surface area contributed by atoms with E-state index < -0.39 is 69.5 Å². The van der Waals surface area contributed by atoms with E-state index in [0.29, 0.717) is 21.0 Å². The summed E-state index contributed by atoms with van der Waals surface area (Å²) in [7, 11) is 0. The van der Waals surface area contributed by atoms with Crippen LogP contribution in [0.25, 0.3) is 10.8 Å². The Kier molecular flexibility index (Phi) is 7.32. The first-order valence-electron chi connectivity index (χ1n) is 14.0. The van der Waals surface area contributed by atoms with Crippen LogP contribution >= 0.6 is 23.1 Å². The summed E-state index contributed by atoms with van der Waals surface area (Å²) in [5.41, 5.74) is -0.796. The molecule has 0 bridgehead atoms. The minimum Gasteiger partial charge on any atom is -0.324 e. The Morgan fingerprint density at radius 2 is 1.54 bits per heavy atom. The van der Waals surface area contributed by atoms with Crippen LogP contribution in [0, 0.1) is 11.7 Å². The lowest BCUT2D eigenvalue weighted by molar-refractivity contribution is -0.137. The van der Waals surface area contributed by atoms with Crippen molar-refractivity contribution < 1.29 is 31.9 Å². The Balaban J connectivity index is 1.29. The van der Waals surface area contributed by atoms with E-state index in [0.717, 1.165) is 46.0 Å². The fourth-order valence-electron chi connectivity index (χ4n) is 6.10. The summed E-state index contributed by atoms with van der Waals surface area (Å²) < 4.78 is 57.1. The van der Waals surface area contributed by atoms with E-state index in [4.69, 9.17) is 0 Å². The number of hydrogen-bond acceptors (Lipinski definition) is 6. The standard InChI is InChI=1S/C33H21F4N3O4S2/c34-19-14-12-18(13-15-19)25-26-27(30(43)40(29(26)42)23-11-4-3-9-21(23)33(35,36)37)45-31-28(25)46-32(44)39(31)16-24(41)38-22-10-5-7-17-6-1-2-8-20(17)22/h1-15,25-27H,16H2,(H,38,41)/t25-,26?,27?/m1/s1. The second-order valence-electron chi connectivity index (χ2n) is 10.8. The lowest BCUT2D eigenvalue weighted by Gasteiger charge is -2.30. The monoisotopic (exact) mass is 663 g/mol. The van der Waals surface area contributed by atoms with Crippen LogP contribution < -0.4 is 15.1 Å². The minimum absolute atomic E-state index is 0.255. The van der Waals surface area contributed by atoms with Crippen LogP contribution in [0.15, 0.2) is 101 Å². The molecule has 5 aromatic rings. The molecule has 0 saturated carbocycles. The number of amides is 3. The van der Waals surface area contributed by atoms with Gasteiger partial charge in [0.05, 0.1) is 22.2 Å². The molecule has 4 aromatic carbocycles. The van der Waals surface area contributed by atoms with Gasteiger partial charge in [0.25, 0.3) is 0 Å². The number of anilines is 2. The topological polar surface area (TPSA) is 88.5 Å². The molecule has 1 aromatic heterocycles.